The van der Waals surface area contributed by atoms with Crippen molar-refractivity contribution in [3.05, 3.63) is 39.8 Å². The molecule has 0 saturated heterocycles. The third-order valence-corrected chi connectivity index (χ3v) is 5.84. The lowest BCUT2D eigenvalue weighted by atomic mass is 9.95. The number of rotatable bonds is 6. The quantitative estimate of drug-likeness (QED) is 0.701. The van der Waals surface area contributed by atoms with Crippen molar-refractivity contribution in [2.75, 3.05) is 24.4 Å². The van der Waals surface area contributed by atoms with E-state index in [-0.39, 0.29) is 5.91 Å². The van der Waals surface area contributed by atoms with Gasteiger partial charge in [0.25, 0.3) is 5.91 Å². The van der Waals surface area contributed by atoms with Gasteiger partial charge in [-0.15, -0.1) is 11.3 Å². The van der Waals surface area contributed by atoms with Crippen LogP contribution >= 0.6 is 11.3 Å². The molecule has 1 aromatic heterocycles. The van der Waals surface area contributed by atoms with E-state index < -0.39 is 18.5 Å². The Morgan fingerprint density at radius 1 is 1.14 bits per heavy atom. The molecule has 0 aliphatic heterocycles. The minimum absolute atomic E-state index is 0.248. The van der Waals surface area contributed by atoms with Crippen molar-refractivity contribution >= 4 is 39.8 Å². The Hall–Kier alpha value is -2.87. The summed E-state index contributed by atoms with van der Waals surface area (Å²) in [6.07, 6.45) is 3.69. The first-order valence-corrected chi connectivity index (χ1v) is 10.2. The summed E-state index contributed by atoms with van der Waals surface area (Å²) in [7, 11) is 1.52. The van der Waals surface area contributed by atoms with Crippen molar-refractivity contribution in [2.24, 2.45) is 0 Å². The van der Waals surface area contributed by atoms with Crippen LogP contribution in [0.1, 0.15) is 46.1 Å². The van der Waals surface area contributed by atoms with Crippen LogP contribution in [-0.2, 0) is 27.2 Å². The van der Waals surface area contributed by atoms with E-state index in [9.17, 15) is 14.4 Å². The van der Waals surface area contributed by atoms with Gasteiger partial charge in [0, 0.05) is 11.8 Å². The second-order valence-electron chi connectivity index (χ2n) is 6.92. The minimum atomic E-state index is -0.598. The number of ether oxygens (including phenoxy) is 2. The van der Waals surface area contributed by atoms with Gasteiger partial charge < -0.3 is 20.1 Å². The molecule has 1 aliphatic rings. The normalized spacial score (nSPS) is 12.7. The smallest absolute Gasteiger partial charge is 0.341 e. The number of thiophene rings is 1. The zero-order valence-electron chi connectivity index (χ0n) is 16.7. The summed E-state index contributed by atoms with van der Waals surface area (Å²) in [5.41, 5.74) is 2.78. The van der Waals surface area contributed by atoms with Crippen molar-refractivity contribution in [2.45, 2.75) is 39.5 Å². The lowest BCUT2D eigenvalue weighted by Crippen LogP contribution is -2.22. The maximum absolute atomic E-state index is 12.7. The van der Waals surface area contributed by atoms with Gasteiger partial charge in [-0.1, -0.05) is 6.07 Å². The molecule has 0 spiro atoms. The predicted octanol–water partition coefficient (Wildman–Crippen LogP) is 3.70. The van der Waals surface area contributed by atoms with E-state index in [2.05, 4.69) is 10.6 Å². The van der Waals surface area contributed by atoms with Crippen LogP contribution in [0.2, 0.25) is 0 Å². The summed E-state index contributed by atoms with van der Waals surface area (Å²) in [5.74, 6) is -0.788. The van der Waals surface area contributed by atoms with E-state index in [1.807, 2.05) is 13.0 Å². The summed E-state index contributed by atoms with van der Waals surface area (Å²) in [6, 6.07) is 5.41. The van der Waals surface area contributed by atoms with Gasteiger partial charge in [-0.25, -0.2) is 4.79 Å². The molecule has 2 N–H and O–H groups in total. The van der Waals surface area contributed by atoms with Gasteiger partial charge >= 0.3 is 5.97 Å². The zero-order valence-corrected chi connectivity index (χ0v) is 17.5. The summed E-state index contributed by atoms with van der Waals surface area (Å²) in [4.78, 5) is 37.7. The largest absolute Gasteiger partial charge is 0.495 e. The number of esters is 1. The Morgan fingerprint density at radius 2 is 1.90 bits per heavy atom. The molecular formula is C21H24N2O5S. The number of carbonyl (C=O) groups excluding carboxylic acids is 3. The Morgan fingerprint density at radius 3 is 2.62 bits per heavy atom. The van der Waals surface area contributed by atoms with Gasteiger partial charge in [0.05, 0.1) is 18.4 Å². The molecule has 2 amide bonds. The van der Waals surface area contributed by atoms with E-state index >= 15 is 0 Å². The van der Waals surface area contributed by atoms with E-state index in [0.717, 1.165) is 41.7 Å². The number of amides is 2. The predicted molar refractivity (Wildman–Crippen MR) is 112 cm³/mol. The molecular weight excluding hydrogens is 392 g/mol. The van der Waals surface area contributed by atoms with Crippen LogP contribution in [0, 0.1) is 6.92 Å². The van der Waals surface area contributed by atoms with Crippen molar-refractivity contribution in [3.8, 4) is 5.75 Å². The minimum Gasteiger partial charge on any atom is -0.495 e. The number of nitrogens with one attached hydrogen (secondary N) is 2. The maximum Gasteiger partial charge on any atom is 0.341 e. The maximum atomic E-state index is 12.7. The molecule has 7 nitrogen and oxygen atoms in total. The molecule has 154 valence electrons. The highest BCUT2D eigenvalue weighted by atomic mass is 32.1. The van der Waals surface area contributed by atoms with Crippen molar-refractivity contribution in [1.29, 1.82) is 0 Å². The molecule has 8 heteroatoms. The van der Waals surface area contributed by atoms with Crippen LogP contribution in [0.25, 0.3) is 0 Å². The van der Waals surface area contributed by atoms with Gasteiger partial charge in [-0.05, 0) is 55.9 Å². The molecule has 0 saturated carbocycles. The molecule has 0 bridgehead atoms. The van der Waals surface area contributed by atoms with Crippen LogP contribution in [0.15, 0.2) is 18.2 Å². The topological polar surface area (TPSA) is 93.7 Å². The highest BCUT2D eigenvalue weighted by Crippen LogP contribution is 2.38. The second-order valence-corrected chi connectivity index (χ2v) is 8.03. The second kappa shape index (κ2) is 9.09. The summed E-state index contributed by atoms with van der Waals surface area (Å²) in [6.45, 7) is 2.87. The Bertz CT molecular complexity index is 951. The number of anilines is 2. The van der Waals surface area contributed by atoms with Crippen LogP contribution in [0.3, 0.4) is 0 Å². The lowest BCUT2D eigenvalue weighted by molar-refractivity contribution is -0.119. The molecule has 0 atom stereocenters. The molecule has 0 radical (unpaired) electrons. The van der Waals surface area contributed by atoms with E-state index in [1.165, 1.54) is 25.4 Å². The van der Waals surface area contributed by atoms with Crippen molar-refractivity contribution in [1.82, 2.24) is 0 Å². The first-order chi connectivity index (χ1) is 13.9. The summed E-state index contributed by atoms with van der Waals surface area (Å²) < 4.78 is 10.5. The number of carbonyl (C=O) groups is 3. The molecule has 1 aliphatic carbocycles. The zero-order chi connectivity index (χ0) is 21.0. The number of fused-ring (bicyclic) bond motifs is 1. The molecule has 2 aromatic rings. The average molecular weight is 416 g/mol. The number of hydrogen-bond acceptors (Lipinski definition) is 6. The van der Waals surface area contributed by atoms with Gasteiger partial charge in [0.1, 0.15) is 10.8 Å². The van der Waals surface area contributed by atoms with Gasteiger partial charge in [0.15, 0.2) is 6.61 Å². The SMILES string of the molecule is COc1ccc(C)cc1NC(=O)COC(=O)c1c(NC(C)=O)sc2c1CCCC2. The Balaban J connectivity index is 1.71. The number of aryl methyl sites for hydroxylation is 2. The van der Waals surface area contributed by atoms with Gasteiger partial charge in [-0.3, -0.25) is 9.59 Å². The number of hydrogen-bond donors (Lipinski definition) is 2. The Kier molecular flexibility index (Phi) is 6.53. The fraction of sp³-hybridized carbons (Fsp3) is 0.381. The van der Waals surface area contributed by atoms with E-state index in [1.54, 1.807) is 12.1 Å². The van der Waals surface area contributed by atoms with Crippen LogP contribution in [0.5, 0.6) is 5.75 Å². The van der Waals surface area contributed by atoms with Crippen LogP contribution in [0.4, 0.5) is 10.7 Å². The summed E-state index contributed by atoms with van der Waals surface area (Å²) >= 11 is 1.41. The summed E-state index contributed by atoms with van der Waals surface area (Å²) in [5, 5.41) is 5.92. The van der Waals surface area contributed by atoms with E-state index in [4.69, 9.17) is 9.47 Å². The number of methoxy groups -OCH3 is 1. The van der Waals surface area contributed by atoms with Gasteiger partial charge in [0.2, 0.25) is 5.91 Å². The highest BCUT2D eigenvalue weighted by Gasteiger charge is 2.27. The van der Waals surface area contributed by atoms with Gasteiger partial charge in [-0.2, -0.15) is 0 Å². The van der Waals surface area contributed by atoms with E-state index in [0.29, 0.717) is 22.0 Å². The first kappa shape index (κ1) is 20.9. The Labute approximate surface area is 173 Å². The number of benzene rings is 1. The van der Waals surface area contributed by atoms with Crippen LogP contribution < -0.4 is 15.4 Å². The fourth-order valence-electron chi connectivity index (χ4n) is 3.34. The molecule has 0 unspecified atom stereocenters. The highest BCUT2D eigenvalue weighted by molar-refractivity contribution is 7.17. The monoisotopic (exact) mass is 416 g/mol. The third-order valence-electron chi connectivity index (χ3n) is 4.63. The first-order valence-electron chi connectivity index (χ1n) is 9.42. The average Bonchev–Trinajstić information content (AvgIpc) is 3.03. The standard InChI is InChI=1S/C21H24N2O5S/c1-12-8-9-16(27-3)15(10-12)23-18(25)11-28-21(26)19-14-6-4-5-7-17(14)29-20(19)22-13(2)24/h8-10H,4-7,11H2,1-3H3,(H,22,24)(H,23,25). The molecule has 3 rings (SSSR count). The third kappa shape index (κ3) is 4.95. The van der Waals surface area contributed by atoms with Crippen LogP contribution in [-0.4, -0.2) is 31.5 Å². The lowest BCUT2D eigenvalue weighted by Gasteiger charge is -2.13. The molecule has 1 heterocycles. The molecule has 1 aromatic carbocycles. The molecule has 29 heavy (non-hydrogen) atoms. The van der Waals surface area contributed by atoms with Crippen molar-refractivity contribution in [3.63, 3.8) is 0 Å². The fourth-order valence-corrected chi connectivity index (χ4v) is 4.66. The van der Waals surface area contributed by atoms with Crippen molar-refractivity contribution < 1.29 is 23.9 Å². The molecule has 0 fully saturated rings.